The van der Waals surface area contributed by atoms with Gasteiger partial charge < -0.3 is 9.84 Å². The lowest BCUT2D eigenvalue weighted by molar-refractivity contribution is 0.0947. The first kappa shape index (κ1) is 14.1. The monoisotopic (exact) mass is 303 g/mol. The van der Waals surface area contributed by atoms with Crippen LogP contribution in [-0.2, 0) is 5.75 Å². The van der Waals surface area contributed by atoms with Crippen LogP contribution in [0.25, 0.3) is 0 Å². The third kappa shape index (κ3) is 3.26. The number of amides is 1. The highest BCUT2D eigenvalue weighted by atomic mass is 32.2. The van der Waals surface area contributed by atoms with E-state index >= 15 is 0 Å². The first-order chi connectivity index (χ1) is 10.1. The van der Waals surface area contributed by atoms with Crippen LogP contribution in [0.5, 0.6) is 0 Å². The summed E-state index contributed by atoms with van der Waals surface area (Å²) in [5.74, 6) is 1.48. The largest absolute Gasteiger partial charge is 0.361 e. The first-order valence-corrected chi connectivity index (χ1v) is 7.94. The normalized spacial score (nSPS) is 14.2. The van der Waals surface area contributed by atoms with Crippen molar-refractivity contribution in [3.63, 3.8) is 0 Å². The van der Waals surface area contributed by atoms with Crippen molar-refractivity contribution >= 4 is 17.7 Å². The lowest BCUT2D eigenvalue weighted by Gasteiger charge is -2.08. The summed E-state index contributed by atoms with van der Waals surface area (Å²) >= 11 is 1.54. The average Bonchev–Trinajstić information content (AvgIpc) is 3.23. The minimum atomic E-state index is -0.0353. The number of thioether (sulfide) groups is 1. The number of rotatable bonds is 5. The quantitative estimate of drug-likeness (QED) is 0.860. The maximum Gasteiger partial charge on any atom is 0.254 e. The van der Waals surface area contributed by atoms with Gasteiger partial charge in [-0.2, -0.15) is 0 Å². The second-order valence-corrected chi connectivity index (χ2v) is 6.16. The maximum atomic E-state index is 12.2. The van der Waals surface area contributed by atoms with E-state index in [1.807, 2.05) is 19.9 Å². The topological polar surface area (TPSA) is 68.0 Å². The molecule has 1 saturated carbocycles. The van der Waals surface area contributed by atoms with Gasteiger partial charge in [0.2, 0.25) is 0 Å². The number of aryl methyl sites for hydroxylation is 2. The molecule has 5 nitrogen and oxygen atoms in total. The molecule has 21 heavy (non-hydrogen) atoms. The summed E-state index contributed by atoms with van der Waals surface area (Å²) < 4.78 is 5.16. The highest BCUT2D eigenvalue weighted by molar-refractivity contribution is 7.98. The zero-order valence-electron chi connectivity index (χ0n) is 12.0. The van der Waals surface area contributed by atoms with E-state index < -0.39 is 0 Å². The van der Waals surface area contributed by atoms with Crippen molar-refractivity contribution in [2.45, 2.75) is 43.5 Å². The van der Waals surface area contributed by atoms with E-state index in [2.05, 4.69) is 15.5 Å². The van der Waals surface area contributed by atoms with Crippen molar-refractivity contribution in [3.8, 4) is 0 Å². The van der Waals surface area contributed by atoms with Gasteiger partial charge in [-0.15, -0.1) is 11.8 Å². The Morgan fingerprint density at radius 1 is 1.48 bits per heavy atom. The number of hydrogen-bond acceptors (Lipinski definition) is 5. The highest BCUT2D eigenvalue weighted by Crippen LogP contribution is 2.28. The first-order valence-electron chi connectivity index (χ1n) is 6.95. The van der Waals surface area contributed by atoms with Gasteiger partial charge in [0.15, 0.2) is 0 Å². The van der Waals surface area contributed by atoms with Crippen molar-refractivity contribution in [2.24, 2.45) is 0 Å². The molecular weight excluding hydrogens is 286 g/mol. The Bertz CT molecular complexity index is 645. The van der Waals surface area contributed by atoms with Crippen LogP contribution in [0.15, 0.2) is 27.9 Å². The zero-order chi connectivity index (χ0) is 14.8. The molecule has 0 aliphatic heterocycles. The molecule has 2 aromatic rings. The van der Waals surface area contributed by atoms with Gasteiger partial charge in [-0.1, -0.05) is 5.16 Å². The van der Waals surface area contributed by atoms with Crippen LogP contribution < -0.4 is 5.32 Å². The fourth-order valence-corrected chi connectivity index (χ4v) is 3.16. The predicted octanol–water partition coefficient (Wildman–Crippen LogP) is 2.87. The van der Waals surface area contributed by atoms with Crippen LogP contribution >= 0.6 is 11.8 Å². The van der Waals surface area contributed by atoms with Gasteiger partial charge in [0.05, 0.1) is 11.3 Å². The zero-order valence-corrected chi connectivity index (χ0v) is 12.9. The molecule has 0 saturated heterocycles. The van der Waals surface area contributed by atoms with E-state index in [9.17, 15) is 4.79 Å². The molecule has 6 heteroatoms. The van der Waals surface area contributed by atoms with Crippen molar-refractivity contribution in [1.82, 2.24) is 15.5 Å². The minimum Gasteiger partial charge on any atom is -0.361 e. The van der Waals surface area contributed by atoms with Gasteiger partial charge in [-0.05, 0) is 38.8 Å². The molecule has 1 aliphatic rings. The molecule has 0 spiro atoms. The summed E-state index contributed by atoms with van der Waals surface area (Å²) in [6.07, 6.45) is 3.87. The summed E-state index contributed by atoms with van der Waals surface area (Å²) in [6, 6.07) is 3.96. The van der Waals surface area contributed by atoms with Gasteiger partial charge >= 0.3 is 0 Å². The summed E-state index contributed by atoms with van der Waals surface area (Å²) in [4.78, 5) is 16.6. The lowest BCUT2D eigenvalue weighted by atomic mass is 10.2. The number of hydrogen-bond donors (Lipinski definition) is 1. The maximum absolute atomic E-state index is 12.2. The van der Waals surface area contributed by atoms with E-state index in [4.69, 9.17) is 4.52 Å². The van der Waals surface area contributed by atoms with E-state index in [1.54, 1.807) is 12.3 Å². The molecule has 0 radical (unpaired) electrons. The van der Waals surface area contributed by atoms with Gasteiger partial charge in [-0.3, -0.25) is 4.79 Å². The summed E-state index contributed by atoms with van der Waals surface area (Å²) in [5.41, 5.74) is 2.60. The number of carbonyl (C=O) groups excluding carboxylic acids is 1. The highest BCUT2D eigenvalue weighted by Gasteiger charge is 2.25. The van der Waals surface area contributed by atoms with Crippen molar-refractivity contribution < 1.29 is 9.32 Å². The Morgan fingerprint density at radius 3 is 2.95 bits per heavy atom. The number of aromatic nitrogens is 2. The van der Waals surface area contributed by atoms with E-state index in [1.165, 1.54) is 11.8 Å². The van der Waals surface area contributed by atoms with Gasteiger partial charge in [0.1, 0.15) is 10.8 Å². The Morgan fingerprint density at radius 2 is 2.29 bits per heavy atom. The summed E-state index contributed by atoms with van der Waals surface area (Å²) in [5, 5.41) is 7.69. The Kier molecular flexibility index (Phi) is 3.96. The molecule has 110 valence electrons. The molecule has 2 heterocycles. The average molecular weight is 303 g/mol. The molecule has 0 aromatic carbocycles. The molecule has 0 unspecified atom stereocenters. The second-order valence-electron chi connectivity index (χ2n) is 5.20. The molecule has 3 rings (SSSR count). The lowest BCUT2D eigenvalue weighted by Crippen LogP contribution is -2.26. The second kappa shape index (κ2) is 5.89. The van der Waals surface area contributed by atoms with Crippen LogP contribution in [0, 0.1) is 13.8 Å². The third-order valence-corrected chi connectivity index (χ3v) is 4.49. The molecule has 1 fully saturated rings. The van der Waals surface area contributed by atoms with E-state index in [0.717, 1.165) is 34.9 Å². The molecule has 0 bridgehead atoms. The van der Waals surface area contributed by atoms with Gasteiger partial charge in [0, 0.05) is 23.6 Å². The number of nitrogens with zero attached hydrogens (tertiary/aromatic N) is 2. The molecular formula is C15H17N3O2S. The number of pyridine rings is 1. The molecule has 0 atom stereocenters. The molecule has 1 amide bonds. The van der Waals surface area contributed by atoms with Crippen LogP contribution in [0.1, 0.15) is 40.2 Å². The predicted molar refractivity (Wildman–Crippen MR) is 80.3 cm³/mol. The van der Waals surface area contributed by atoms with Crippen LogP contribution in [0.2, 0.25) is 0 Å². The van der Waals surface area contributed by atoms with E-state index in [-0.39, 0.29) is 5.91 Å². The SMILES string of the molecule is Cc1noc(C)c1CSc1ncccc1C(=O)NC1CC1. The van der Waals surface area contributed by atoms with Crippen molar-refractivity contribution in [1.29, 1.82) is 0 Å². The van der Waals surface area contributed by atoms with E-state index in [0.29, 0.717) is 17.4 Å². The van der Waals surface area contributed by atoms with Crippen molar-refractivity contribution in [2.75, 3.05) is 0 Å². The fraction of sp³-hybridized carbons (Fsp3) is 0.400. The minimum absolute atomic E-state index is 0.0353. The Balaban J connectivity index is 1.74. The van der Waals surface area contributed by atoms with Gasteiger partial charge in [0.25, 0.3) is 5.91 Å². The number of carbonyl (C=O) groups is 1. The standard InChI is InChI=1S/C15H17N3O2S/c1-9-13(10(2)20-18-9)8-21-15-12(4-3-7-16-15)14(19)17-11-5-6-11/h3-4,7,11H,5-6,8H2,1-2H3,(H,17,19). The van der Waals surface area contributed by atoms with Crippen LogP contribution in [0.3, 0.4) is 0 Å². The molecule has 1 aliphatic carbocycles. The van der Waals surface area contributed by atoms with Crippen LogP contribution in [-0.4, -0.2) is 22.1 Å². The molecule has 2 aromatic heterocycles. The smallest absolute Gasteiger partial charge is 0.254 e. The Labute approximate surface area is 127 Å². The van der Waals surface area contributed by atoms with Crippen molar-refractivity contribution in [3.05, 3.63) is 40.9 Å². The summed E-state index contributed by atoms with van der Waals surface area (Å²) in [7, 11) is 0. The van der Waals surface area contributed by atoms with Crippen LogP contribution in [0.4, 0.5) is 0 Å². The summed E-state index contributed by atoms with van der Waals surface area (Å²) in [6.45, 7) is 3.82. The fourth-order valence-electron chi connectivity index (χ4n) is 2.02. The van der Waals surface area contributed by atoms with Gasteiger partial charge in [-0.25, -0.2) is 4.98 Å². The third-order valence-electron chi connectivity index (χ3n) is 3.46. The number of nitrogens with one attached hydrogen (secondary N) is 1. The Hall–Kier alpha value is -1.82. The molecule has 1 N–H and O–H groups in total.